The lowest BCUT2D eigenvalue weighted by Gasteiger charge is -2.25. The molecule has 24 heavy (non-hydrogen) atoms. The second-order valence-electron chi connectivity index (χ2n) is 5.45. The quantitative estimate of drug-likeness (QED) is 0.672. The van der Waals surface area contributed by atoms with Gasteiger partial charge < -0.3 is 5.73 Å². The average Bonchev–Trinajstić information content (AvgIpc) is 2.62. The van der Waals surface area contributed by atoms with Crippen molar-refractivity contribution in [3.05, 3.63) is 65.2 Å². The van der Waals surface area contributed by atoms with E-state index in [1.54, 1.807) is 19.0 Å². The largest absolute Gasteiger partial charge is 0.369 e. The van der Waals surface area contributed by atoms with Crippen LogP contribution in [0.3, 0.4) is 0 Å². The lowest BCUT2D eigenvalue weighted by molar-refractivity contribution is 1.25. The van der Waals surface area contributed by atoms with Crippen molar-refractivity contribution in [2.45, 2.75) is 13.8 Å². The normalized spacial score (nSPS) is 12.2. The van der Waals surface area contributed by atoms with Crippen molar-refractivity contribution >= 4 is 23.2 Å². The highest BCUT2D eigenvalue weighted by Gasteiger charge is 2.19. The highest BCUT2D eigenvalue weighted by atomic mass is 15.3. The van der Waals surface area contributed by atoms with Crippen LogP contribution < -0.4 is 10.6 Å². The van der Waals surface area contributed by atoms with E-state index < -0.39 is 0 Å². The minimum atomic E-state index is 0.335. The van der Waals surface area contributed by atoms with Crippen LogP contribution in [0.4, 0.5) is 5.69 Å². The van der Waals surface area contributed by atoms with E-state index >= 15 is 0 Å². The summed E-state index contributed by atoms with van der Waals surface area (Å²) in [5.41, 5.74) is 10.1. The summed E-state index contributed by atoms with van der Waals surface area (Å²) in [6.45, 7) is 3.90. The molecule has 5 heteroatoms. The molecule has 0 aromatic heterocycles. The van der Waals surface area contributed by atoms with E-state index in [1.807, 2.05) is 62.4 Å². The first kappa shape index (κ1) is 17.4. The van der Waals surface area contributed by atoms with Gasteiger partial charge in [-0.15, -0.1) is 0 Å². The number of rotatable bonds is 3. The van der Waals surface area contributed by atoms with Gasteiger partial charge in [-0.05, 0) is 19.9 Å². The van der Waals surface area contributed by atoms with Crippen molar-refractivity contribution in [2.75, 3.05) is 19.0 Å². The van der Waals surface area contributed by atoms with Gasteiger partial charge in [-0.25, -0.2) is 0 Å². The molecule has 3 N–H and O–H groups in total. The summed E-state index contributed by atoms with van der Waals surface area (Å²) in [7, 11) is 3.35. The third-order valence-corrected chi connectivity index (χ3v) is 3.86. The van der Waals surface area contributed by atoms with Gasteiger partial charge in [-0.2, -0.15) is 0 Å². The van der Waals surface area contributed by atoms with Crippen LogP contribution in [0.2, 0.25) is 0 Å². The Balaban J connectivity index is 2.57. The van der Waals surface area contributed by atoms with Crippen LogP contribution in [0.1, 0.15) is 23.6 Å². The fourth-order valence-electron chi connectivity index (χ4n) is 2.42. The van der Waals surface area contributed by atoms with Gasteiger partial charge in [0, 0.05) is 25.2 Å². The van der Waals surface area contributed by atoms with E-state index in [0.717, 1.165) is 22.4 Å². The Morgan fingerprint density at radius 1 is 1.00 bits per heavy atom. The Morgan fingerprint density at radius 3 is 2.21 bits per heavy atom. The Labute approximate surface area is 143 Å². The van der Waals surface area contributed by atoms with Crippen molar-refractivity contribution < 1.29 is 0 Å². The predicted molar refractivity (Wildman–Crippen MR) is 103 cm³/mol. The Morgan fingerprint density at radius 2 is 1.62 bits per heavy atom. The fourth-order valence-corrected chi connectivity index (χ4v) is 2.42. The number of amidine groups is 1. The molecule has 5 nitrogen and oxygen atoms in total. The van der Waals surface area contributed by atoms with E-state index in [9.17, 15) is 0 Å². The summed E-state index contributed by atoms with van der Waals surface area (Å²) < 4.78 is 0. The molecule has 0 amide bonds. The fraction of sp³-hybridized carbons (Fsp3) is 0.211. The number of aryl methyl sites for hydroxylation is 1. The average molecular weight is 321 g/mol. The molecule has 0 aliphatic heterocycles. The summed E-state index contributed by atoms with van der Waals surface area (Å²) in [5.74, 6) is 1.05. The minimum Gasteiger partial charge on any atom is -0.369 e. The van der Waals surface area contributed by atoms with E-state index in [2.05, 4.69) is 9.98 Å². The topological polar surface area (TPSA) is 77.8 Å². The van der Waals surface area contributed by atoms with Crippen molar-refractivity contribution in [1.82, 2.24) is 0 Å². The summed E-state index contributed by atoms with van der Waals surface area (Å²) in [6.07, 6.45) is 0. The summed E-state index contributed by atoms with van der Waals surface area (Å²) in [6, 6.07) is 15.6. The van der Waals surface area contributed by atoms with Crippen LogP contribution in [-0.4, -0.2) is 31.6 Å². The lowest BCUT2D eigenvalue weighted by Crippen LogP contribution is -2.41. The first-order chi connectivity index (χ1) is 11.5. The van der Waals surface area contributed by atoms with Crippen molar-refractivity contribution in [1.29, 1.82) is 5.41 Å². The van der Waals surface area contributed by atoms with Crippen LogP contribution in [0.25, 0.3) is 0 Å². The van der Waals surface area contributed by atoms with Gasteiger partial charge in [0.2, 0.25) is 5.96 Å². The van der Waals surface area contributed by atoms with Gasteiger partial charge in [-0.1, -0.05) is 48.0 Å². The molecule has 0 atom stereocenters. The van der Waals surface area contributed by atoms with Crippen LogP contribution >= 0.6 is 0 Å². The number of benzene rings is 2. The molecule has 0 aliphatic rings. The molecule has 0 aliphatic carbocycles. The summed E-state index contributed by atoms with van der Waals surface area (Å²) in [5, 5.41) is 8.62. The number of para-hydroxylation sites is 1. The molecule has 124 valence electrons. The highest BCUT2D eigenvalue weighted by molar-refractivity contribution is 6.22. The number of guanidine groups is 1. The molecule has 0 saturated heterocycles. The summed E-state index contributed by atoms with van der Waals surface area (Å²) >= 11 is 0. The monoisotopic (exact) mass is 321 g/mol. The molecular weight excluding hydrogens is 298 g/mol. The molecule has 0 radical (unpaired) electrons. The number of hydrogen-bond donors (Lipinski definition) is 2. The highest BCUT2D eigenvalue weighted by Crippen LogP contribution is 2.24. The number of nitrogens with one attached hydrogen (secondary N) is 1. The van der Waals surface area contributed by atoms with E-state index in [1.165, 1.54) is 0 Å². The summed E-state index contributed by atoms with van der Waals surface area (Å²) in [4.78, 5) is 10.1. The molecule has 0 fully saturated rings. The first-order valence-corrected chi connectivity index (χ1v) is 7.70. The maximum absolute atomic E-state index is 8.62. The van der Waals surface area contributed by atoms with Crippen molar-refractivity contribution in [3.63, 3.8) is 0 Å². The van der Waals surface area contributed by atoms with E-state index in [4.69, 9.17) is 11.1 Å². The van der Waals surface area contributed by atoms with Crippen LogP contribution in [0.15, 0.2) is 58.5 Å². The van der Waals surface area contributed by atoms with Crippen LogP contribution in [0, 0.1) is 12.3 Å². The van der Waals surface area contributed by atoms with Crippen LogP contribution in [0.5, 0.6) is 0 Å². The standard InChI is InChI=1S/C19H23N5/c1-13-9-11-15(12-10-13)18(20)16-7-5-6-8-17(16)24(14(2)22-3)19(21)23-4/h5-12,20H,1-4H3,(H2,21,23). The molecule has 2 aromatic carbocycles. The maximum atomic E-state index is 8.62. The zero-order valence-electron chi connectivity index (χ0n) is 14.5. The van der Waals surface area contributed by atoms with Gasteiger partial charge in [0.1, 0.15) is 5.84 Å². The molecule has 0 spiro atoms. The lowest BCUT2D eigenvalue weighted by atomic mass is 9.99. The molecule has 2 aromatic rings. The molecule has 0 unspecified atom stereocenters. The third kappa shape index (κ3) is 3.51. The van der Waals surface area contributed by atoms with Gasteiger partial charge in [0.05, 0.1) is 11.4 Å². The SMILES string of the molecule is CN=C(C)N(C(N)=NC)c1ccccc1C(=N)c1ccc(C)cc1. The maximum Gasteiger partial charge on any atom is 0.201 e. The Bertz CT molecular complexity index is 770. The molecule has 0 bridgehead atoms. The number of anilines is 1. The first-order valence-electron chi connectivity index (χ1n) is 7.70. The molecular formula is C19H23N5. The molecule has 0 heterocycles. The number of aliphatic imine (C=N–C) groups is 2. The molecule has 0 saturated carbocycles. The van der Waals surface area contributed by atoms with E-state index in [0.29, 0.717) is 17.5 Å². The zero-order valence-corrected chi connectivity index (χ0v) is 14.5. The van der Waals surface area contributed by atoms with Gasteiger partial charge in [-0.3, -0.25) is 20.3 Å². The second kappa shape index (κ2) is 7.55. The predicted octanol–water partition coefficient (Wildman–Crippen LogP) is 3.21. The minimum absolute atomic E-state index is 0.335. The van der Waals surface area contributed by atoms with Gasteiger partial charge in [0.25, 0.3) is 0 Å². The van der Waals surface area contributed by atoms with Crippen molar-refractivity contribution in [2.24, 2.45) is 15.7 Å². The van der Waals surface area contributed by atoms with Crippen molar-refractivity contribution in [3.8, 4) is 0 Å². The number of hydrogen-bond acceptors (Lipinski definition) is 3. The zero-order chi connectivity index (χ0) is 17.7. The second-order valence-corrected chi connectivity index (χ2v) is 5.45. The third-order valence-electron chi connectivity index (χ3n) is 3.86. The van der Waals surface area contributed by atoms with E-state index in [-0.39, 0.29) is 0 Å². The number of nitrogens with two attached hydrogens (primary N) is 1. The van der Waals surface area contributed by atoms with Gasteiger partial charge >= 0.3 is 0 Å². The Hall–Kier alpha value is -2.95. The van der Waals surface area contributed by atoms with Gasteiger partial charge in [0.15, 0.2) is 0 Å². The van der Waals surface area contributed by atoms with Crippen LogP contribution in [-0.2, 0) is 0 Å². The Kier molecular flexibility index (Phi) is 5.47. The number of nitrogens with zero attached hydrogens (tertiary/aromatic N) is 3. The smallest absolute Gasteiger partial charge is 0.201 e. The molecule has 2 rings (SSSR count).